The summed E-state index contributed by atoms with van der Waals surface area (Å²) in [6.07, 6.45) is 0. The van der Waals surface area contributed by atoms with Crippen LogP contribution in [0.15, 0.2) is 224 Å². The molecular formula is C67H55BN4. The van der Waals surface area contributed by atoms with E-state index in [2.05, 4.69) is 271 Å². The first kappa shape index (κ1) is 45.8. The highest BCUT2D eigenvalue weighted by atomic mass is 15.3. The number of fused-ring (bicyclic) bond motifs is 1. The molecule has 10 aromatic carbocycles. The fourth-order valence-corrected chi connectivity index (χ4v) is 11.1. The van der Waals surface area contributed by atoms with E-state index >= 15 is 0 Å². The SMILES string of the molecule is Cc1cc(C)c(B(c2ccc(N(c3nc(-c4ccccc4-c4ccccc4)nc(-c4ccc5ccccc5c4-c4ccccc4)n3)c3ccccc3-c3ccccc3)cc2)c2c(C)cc(C)cc2C)c(C)c1. The van der Waals surface area contributed by atoms with E-state index in [4.69, 9.17) is 15.0 Å². The fourth-order valence-electron chi connectivity index (χ4n) is 11.1. The van der Waals surface area contributed by atoms with E-state index in [1.807, 2.05) is 0 Å². The highest BCUT2D eigenvalue weighted by Gasteiger charge is 2.30. The molecule has 1 aromatic heterocycles. The van der Waals surface area contributed by atoms with Crippen molar-refractivity contribution >= 4 is 51.2 Å². The van der Waals surface area contributed by atoms with Gasteiger partial charge in [-0.25, -0.2) is 4.98 Å². The van der Waals surface area contributed by atoms with Crippen molar-refractivity contribution in [3.05, 3.63) is 258 Å². The van der Waals surface area contributed by atoms with Gasteiger partial charge in [0, 0.05) is 27.9 Å². The molecule has 11 aromatic rings. The number of hydrogen-bond donors (Lipinski definition) is 0. The van der Waals surface area contributed by atoms with Gasteiger partial charge in [0.1, 0.15) is 0 Å². The average Bonchev–Trinajstić information content (AvgIpc) is 3.40. The lowest BCUT2D eigenvalue weighted by Gasteiger charge is -2.28. The Hall–Kier alpha value is -8.67. The Morgan fingerprint density at radius 2 is 0.819 bits per heavy atom. The Bertz CT molecular complexity index is 3650. The maximum absolute atomic E-state index is 5.63. The van der Waals surface area contributed by atoms with Gasteiger partial charge in [0.15, 0.2) is 11.6 Å². The summed E-state index contributed by atoms with van der Waals surface area (Å²) in [5, 5.41) is 2.27. The van der Waals surface area contributed by atoms with Gasteiger partial charge in [-0.15, -0.1) is 0 Å². The minimum atomic E-state index is 0.0134. The lowest BCUT2D eigenvalue weighted by Crippen LogP contribution is -2.55. The van der Waals surface area contributed by atoms with Crippen LogP contribution in [0, 0.1) is 41.5 Å². The van der Waals surface area contributed by atoms with Crippen molar-refractivity contribution < 1.29 is 0 Å². The van der Waals surface area contributed by atoms with Crippen LogP contribution in [-0.2, 0) is 0 Å². The van der Waals surface area contributed by atoms with Crippen LogP contribution in [-0.4, -0.2) is 21.7 Å². The van der Waals surface area contributed by atoms with Gasteiger partial charge in [0.05, 0.1) is 5.69 Å². The summed E-state index contributed by atoms with van der Waals surface area (Å²) in [5.41, 5.74) is 21.8. The van der Waals surface area contributed by atoms with Crippen molar-refractivity contribution in [1.29, 1.82) is 0 Å². The number of anilines is 3. The lowest BCUT2D eigenvalue weighted by atomic mass is 9.34. The van der Waals surface area contributed by atoms with E-state index in [1.54, 1.807) is 0 Å². The molecular weight excluding hydrogens is 872 g/mol. The second kappa shape index (κ2) is 19.6. The van der Waals surface area contributed by atoms with Gasteiger partial charge in [0.2, 0.25) is 12.7 Å². The molecule has 0 aliphatic rings. The molecule has 0 atom stereocenters. The third-order valence-corrected chi connectivity index (χ3v) is 14.1. The lowest BCUT2D eigenvalue weighted by molar-refractivity contribution is 1.02. The summed E-state index contributed by atoms with van der Waals surface area (Å²) < 4.78 is 0. The second-order valence-corrected chi connectivity index (χ2v) is 19.1. The van der Waals surface area contributed by atoms with Crippen LogP contribution in [0.2, 0.25) is 0 Å². The summed E-state index contributed by atoms with van der Waals surface area (Å²) in [6.45, 7) is 13.5. The Labute approximate surface area is 424 Å². The molecule has 0 bridgehead atoms. The number of benzene rings is 10. The minimum absolute atomic E-state index is 0.0134. The van der Waals surface area contributed by atoms with Gasteiger partial charge in [-0.2, -0.15) is 9.97 Å². The number of aryl methyl sites for hydroxylation is 6. The number of rotatable bonds is 11. The van der Waals surface area contributed by atoms with Crippen molar-refractivity contribution in [3.63, 3.8) is 0 Å². The van der Waals surface area contributed by atoms with Gasteiger partial charge >= 0.3 is 0 Å². The maximum atomic E-state index is 5.63. The Morgan fingerprint density at radius 1 is 0.361 bits per heavy atom. The van der Waals surface area contributed by atoms with E-state index in [-0.39, 0.29) is 6.71 Å². The van der Waals surface area contributed by atoms with E-state index in [1.165, 1.54) is 49.8 Å². The molecule has 0 unspecified atom stereocenters. The first-order valence-electron chi connectivity index (χ1n) is 24.9. The van der Waals surface area contributed by atoms with Gasteiger partial charge in [-0.3, -0.25) is 4.90 Å². The average molecular weight is 927 g/mol. The molecule has 0 N–H and O–H groups in total. The first-order chi connectivity index (χ1) is 35.2. The molecule has 346 valence electrons. The third kappa shape index (κ3) is 8.79. The first-order valence-corrected chi connectivity index (χ1v) is 24.9. The van der Waals surface area contributed by atoms with Crippen LogP contribution >= 0.6 is 0 Å². The van der Waals surface area contributed by atoms with E-state index in [9.17, 15) is 0 Å². The van der Waals surface area contributed by atoms with Crippen LogP contribution in [0.3, 0.4) is 0 Å². The number of hydrogen-bond acceptors (Lipinski definition) is 4. The minimum Gasteiger partial charge on any atom is -0.278 e. The van der Waals surface area contributed by atoms with Gasteiger partial charge in [-0.1, -0.05) is 250 Å². The summed E-state index contributed by atoms with van der Waals surface area (Å²) in [5.74, 6) is 1.67. The van der Waals surface area contributed by atoms with Crippen molar-refractivity contribution in [1.82, 2.24) is 15.0 Å². The fraction of sp³-hybridized carbons (Fsp3) is 0.0896. The monoisotopic (exact) mass is 926 g/mol. The molecule has 0 radical (unpaired) electrons. The molecule has 0 amide bonds. The van der Waals surface area contributed by atoms with E-state index in [0.29, 0.717) is 17.6 Å². The molecule has 0 aliphatic carbocycles. The zero-order valence-corrected chi connectivity index (χ0v) is 41.7. The van der Waals surface area contributed by atoms with Crippen molar-refractivity contribution in [2.24, 2.45) is 0 Å². The molecule has 0 saturated carbocycles. The third-order valence-electron chi connectivity index (χ3n) is 14.1. The van der Waals surface area contributed by atoms with Crippen LogP contribution in [0.4, 0.5) is 17.3 Å². The number of nitrogens with zero attached hydrogens (tertiary/aromatic N) is 4. The molecule has 5 heteroatoms. The normalized spacial score (nSPS) is 11.2. The van der Waals surface area contributed by atoms with Crippen LogP contribution < -0.4 is 21.3 Å². The van der Waals surface area contributed by atoms with Gasteiger partial charge < -0.3 is 0 Å². The quantitative estimate of drug-likeness (QED) is 0.121. The highest BCUT2D eigenvalue weighted by molar-refractivity contribution is 6.96. The molecule has 0 fully saturated rings. The molecule has 11 rings (SSSR count). The zero-order valence-electron chi connectivity index (χ0n) is 41.7. The number of aromatic nitrogens is 3. The molecule has 0 aliphatic heterocycles. The molecule has 0 saturated heterocycles. The Morgan fingerprint density at radius 3 is 1.40 bits per heavy atom. The summed E-state index contributed by atoms with van der Waals surface area (Å²) >= 11 is 0. The highest BCUT2D eigenvalue weighted by Crippen LogP contribution is 2.43. The zero-order chi connectivity index (χ0) is 49.3. The maximum Gasteiger partial charge on any atom is 0.242 e. The van der Waals surface area contributed by atoms with Gasteiger partial charge in [-0.05, 0) is 98.8 Å². The summed E-state index contributed by atoms with van der Waals surface area (Å²) in [7, 11) is 0. The molecule has 4 nitrogen and oxygen atoms in total. The van der Waals surface area contributed by atoms with Crippen molar-refractivity contribution in [2.45, 2.75) is 41.5 Å². The van der Waals surface area contributed by atoms with Crippen LogP contribution in [0.5, 0.6) is 0 Å². The predicted octanol–water partition coefficient (Wildman–Crippen LogP) is 15.2. The number of para-hydroxylation sites is 1. The molecule has 1 heterocycles. The van der Waals surface area contributed by atoms with Crippen molar-refractivity contribution in [3.8, 4) is 56.2 Å². The molecule has 0 spiro atoms. The van der Waals surface area contributed by atoms with Gasteiger partial charge in [0.25, 0.3) is 0 Å². The molecule has 72 heavy (non-hydrogen) atoms. The summed E-state index contributed by atoms with van der Waals surface area (Å²) in [6, 6.07) is 80.2. The Kier molecular flexibility index (Phi) is 12.5. The van der Waals surface area contributed by atoms with E-state index in [0.717, 1.165) is 66.7 Å². The van der Waals surface area contributed by atoms with Crippen LogP contribution in [0.25, 0.3) is 66.9 Å². The Balaban J connectivity index is 1.19. The second-order valence-electron chi connectivity index (χ2n) is 19.1. The van der Waals surface area contributed by atoms with E-state index < -0.39 is 0 Å². The van der Waals surface area contributed by atoms with Crippen molar-refractivity contribution in [2.75, 3.05) is 4.90 Å². The topological polar surface area (TPSA) is 41.9 Å². The smallest absolute Gasteiger partial charge is 0.242 e. The summed E-state index contributed by atoms with van der Waals surface area (Å²) in [4.78, 5) is 19.0. The standard InChI is InChI=1S/C67H55BN4/c1-44-40-46(3)63(47(4)41-44)68(64-48(5)42-45(2)43-49(64)6)54-35-37-55(38-36-54)72(61-33-21-20-30-57(61)51-24-12-8-13-25-51)67-70-65(59-32-19-18-29-56(59)50-22-10-7-11-23-50)69-66(71-67)60-39-34-52-26-16-17-31-58(52)62(60)53-27-14-9-15-28-53/h7-43H,1-6H3. The predicted molar refractivity (Wildman–Crippen MR) is 305 cm³/mol. The van der Waals surface area contributed by atoms with Crippen LogP contribution in [0.1, 0.15) is 33.4 Å². The largest absolute Gasteiger partial charge is 0.278 e.